The molecule has 7 heteroatoms. The van der Waals surface area contributed by atoms with E-state index in [2.05, 4.69) is 10.1 Å². The van der Waals surface area contributed by atoms with Crippen LogP contribution in [0, 0.1) is 5.82 Å². The number of likely N-dealkylation sites (tertiary alicyclic amines) is 1. The molecule has 118 valence electrons. The fourth-order valence-corrected chi connectivity index (χ4v) is 2.91. The van der Waals surface area contributed by atoms with Crippen molar-refractivity contribution >= 4 is 11.6 Å². The van der Waals surface area contributed by atoms with Crippen LogP contribution in [0.2, 0.25) is 5.02 Å². The Bertz CT molecular complexity index is 658. The first-order valence-electron chi connectivity index (χ1n) is 6.98. The maximum absolute atomic E-state index is 13.0. The molecule has 1 aliphatic rings. The summed E-state index contributed by atoms with van der Waals surface area (Å²) >= 11 is 5.95. The van der Waals surface area contributed by atoms with Crippen molar-refractivity contribution in [1.82, 2.24) is 10.1 Å². The van der Waals surface area contributed by atoms with Crippen molar-refractivity contribution in [3.05, 3.63) is 52.1 Å². The molecule has 0 bridgehead atoms. The molecule has 5 nitrogen and oxygen atoms in total. The Hall–Kier alpha value is -1.47. The summed E-state index contributed by atoms with van der Waals surface area (Å²) in [5.74, 6) is 0.266. The van der Waals surface area contributed by atoms with Crippen LogP contribution in [0.5, 0.6) is 0 Å². The second-order valence-electron chi connectivity index (χ2n) is 5.47. The number of β-amino-alcohol motifs (C(OH)–C–C–N with tert-alkyl or cyclic N) is 1. The Balaban J connectivity index is 1.55. The lowest BCUT2D eigenvalue weighted by Crippen LogP contribution is -2.46. The van der Waals surface area contributed by atoms with Crippen molar-refractivity contribution in [3.8, 4) is 0 Å². The van der Waals surface area contributed by atoms with Crippen LogP contribution in [0.25, 0.3) is 0 Å². The van der Waals surface area contributed by atoms with Crippen molar-refractivity contribution < 1.29 is 19.1 Å². The number of aliphatic hydroxyl groups is 2. The zero-order chi connectivity index (χ0) is 15.7. The number of rotatable bonds is 5. The van der Waals surface area contributed by atoms with Gasteiger partial charge in [-0.15, -0.1) is 0 Å². The van der Waals surface area contributed by atoms with Gasteiger partial charge in [0.2, 0.25) is 0 Å². The molecule has 1 atom stereocenters. The normalized spacial score (nSPS) is 17.5. The highest BCUT2D eigenvalue weighted by Crippen LogP contribution is 2.30. The van der Waals surface area contributed by atoms with Crippen LogP contribution in [-0.2, 0) is 6.61 Å². The van der Waals surface area contributed by atoms with Crippen molar-refractivity contribution in [2.45, 2.75) is 18.6 Å². The number of hydrogen-bond acceptors (Lipinski definition) is 5. The first-order valence-corrected chi connectivity index (χ1v) is 7.36. The molecule has 1 aromatic carbocycles. The van der Waals surface area contributed by atoms with Gasteiger partial charge in [-0.05, 0) is 12.1 Å². The van der Waals surface area contributed by atoms with Gasteiger partial charge in [-0.1, -0.05) is 22.8 Å². The van der Waals surface area contributed by atoms with Crippen LogP contribution < -0.4 is 0 Å². The minimum absolute atomic E-state index is 0.161. The van der Waals surface area contributed by atoms with Gasteiger partial charge in [0.25, 0.3) is 0 Å². The second kappa shape index (κ2) is 6.34. The molecule has 0 amide bonds. The zero-order valence-electron chi connectivity index (χ0n) is 11.7. The van der Waals surface area contributed by atoms with E-state index in [1.165, 1.54) is 18.2 Å². The number of halogens is 2. The van der Waals surface area contributed by atoms with Crippen molar-refractivity contribution in [3.63, 3.8) is 0 Å². The molecule has 22 heavy (non-hydrogen) atoms. The molecule has 1 aromatic heterocycles. The first kappa shape index (κ1) is 15.4. The lowest BCUT2D eigenvalue weighted by molar-refractivity contribution is 0.0627. The van der Waals surface area contributed by atoms with Gasteiger partial charge in [-0.2, -0.15) is 0 Å². The highest BCUT2D eigenvalue weighted by molar-refractivity contribution is 6.31. The largest absolute Gasteiger partial charge is 0.388 e. The zero-order valence-corrected chi connectivity index (χ0v) is 12.5. The molecule has 0 saturated carbocycles. The summed E-state index contributed by atoms with van der Waals surface area (Å²) in [5.41, 5.74) is 1.34. The topological polar surface area (TPSA) is 69.7 Å². The Morgan fingerprint density at radius 2 is 2.18 bits per heavy atom. The van der Waals surface area contributed by atoms with E-state index >= 15 is 0 Å². The van der Waals surface area contributed by atoms with E-state index in [1.54, 1.807) is 6.07 Å². The fraction of sp³-hybridized carbons (Fsp3) is 0.400. The molecule has 2 aromatic rings. The molecular weight excluding hydrogens is 311 g/mol. The van der Waals surface area contributed by atoms with Crippen LogP contribution in [0.4, 0.5) is 4.39 Å². The van der Waals surface area contributed by atoms with Gasteiger partial charge in [-0.25, -0.2) is 4.39 Å². The number of nitrogens with zero attached hydrogens (tertiary/aromatic N) is 2. The fourth-order valence-electron chi connectivity index (χ4n) is 2.62. The van der Waals surface area contributed by atoms with E-state index in [0.29, 0.717) is 17.9 Å². The van der Waals surface area contributed by atoms with E-state index in [0.717, 1.165) is 18.8 Å². The molecule has 1 unspecified atom stereocenters. The lowest BCUT2D eigenvalue weighted by atomic mass is 9.95. The quantitative estimate of drug-likeness (QED) is 0.880. The summed E-state index contributed by atoms with van der Waals surface area (Å²) in [5, 5.41) is 23.3. The molecular formula is C15H16ClFN2O3. The monoisotopic (exact) mass is 326 g/mol. The average molecular weight is 327 g/mol. The third kappa shape index (κ3) is 3.15. The second-order valence-corrected chi connectivity index (χ2v) is 5.88. The van der Waals surface area contributed by atoms with Gasteiger partial charge < -0.3 is 14.7 Å². The lowest BCUT2D eigenvalue weighted by Gasteiger charge is -2.39. The Morgan fingerprint density at radius 1 is 1.41 bits per heavy atom. The smallest absolute Gasteiger partial charge is 0.162 e. The van der Waals surface area contributed by atoms with E-state index in [-0.39, 0.29) is 17.5 Å². The third-order valence-electron chi connectivity index (χ3n) is 3.86. The Morgan fingerprint density at radius 3 is 2.82 bits per heavy atom. The van der Waals surface area contributed by atoms with Crippen LogP contribution in [0.1, 0.15) is 29.0 Å². The van der Waals surface area contributed by atoms with Gasteiger partial charge in [-0.3, -0.25) is 4.90 Å². The molecule has 0 spiro atoms. The maximum atomic E-state index is 13.0. The van der Waals surface area contributed by atoms with Crippen molar-refractivity contribution in [2.24, 2.45) is 0 Å². The summed E-state index contributed by atoms with van der Waals surface area (Å²) in [4.78, 5) is 2.06. The number of aliphatic hydroxyl groups excluding tert-OH is 2. The molecule has 0 radical (unpaired) electrons. The van der Waals surface area contributed by atoms with Crippen molar-refractivity contribution in [1.29, 1.82) is 0 Å². The van der Waals surface area contributed by atoms with Gasteiger partial charge in [0.05, 0.1) is 11.8 Å². The summed E-state index contributed by atoms with van der Waals surface area (Å²) in [6, 6.07) is 5.74. The Labute approximate surface area is 131 Å². The predicted octanol–water partition coefficient (Wildman–Crippen LogP) is 2.09. The van der Waals surface area contributed by atoms with Gasteiger partial charge in [0.1, 0.15) is 12.4 Å². The third-order valence-corrected chi connectivity index (χ3v) is 4.19. The highest BCUT2D eigenvalue weighted by Gasteiger charge is 2.32. The van der Waals surface area contributed by atoms with E-state index in [1.807, 2.05) is 0 Å². The summed E-state index contributed by atoms with van der Waals surface area (Å²) in [6.45, 7) is 1.75. The average Bonchev–Trinajstić information content (AvgIpc) is 2.90. The molecule has 2 heterocycles. The van der Waals surface area contributed by atoms with Crippen molar-refractivity contribution in [2.75, 3.05) is 19.6 Å². The molecule has 1 aliphatic heterocycles. The first-order chi connectivity index (χ1) is 10.6. The van der Waals surface area contributed by atoms with E-state index in [4.69, 9.17) is 21.2 Å². The molecule has 2 N–H and O–H groups in total. The molecule has 3 rings (SSSR count). The minimum Gasteiger partial charge on any atom is -0.388 e. The van der Waals surface area contributed by atoms with Crippen LogP contribution in [-0.4, -0.2) is 39.9 Å². The van der Waals surface area contributed by atoms with E-state index < -0.39 is 11.9 Å². The van der Waals surface area contributed by atoms with Gasteiger partial charge in [0, 0.05) is 42.2 Å². The molecule has 1 fully saturated rings. The summed E-state index contributed by atoms with van der Waals surface area (Å²) < 4.78 is 18.0. The van der Waals surface area contributed by atoms with Gasteiger partial charge >= 0.3 is 0 Å². The van der Waals surface area contributed by atoms with Crippen LogP contribution in [0.3, 0.4) is 0 Å². The molecule has 0 aliphatic carbocycles. The van der Waals surface area contributed by atoms with Crippen LogP contribution in [0.15, 0.2) is 28.8 Å². The number of hydrogen-bond donors (Lipinski definition) is 2. The SMILES string of the molecule is OCc1cc(C2CN(CC(O)c3ccc(F)cc3Cl)C2)no1. The highest BCUT2D eigenvalue weighted by atomic mass is 35.5. The summed E-state index contributed by atoms with van der Waals surface area (Å²) in [6.07, 6.45) is -0.764. The summed E-state index contributed by atoms with van der Waals surface area (Å²) in [7, 11) is 0. The molecule has 1 saturated heterocycles. The standard InChI is InChI=1S/C15H16ClFN2O3/c16-13-3-10(17)1-2-12(13)15(21)7-19-5-9(6-19)14-4-11(8-20)22-18-14/h1-4,9,15,20-21H,5-8H2. The number of benzene rings is 1. The van der Waals surface area contributed by atoms with Crippen LogP contribution >= 0.6 is 11.6 Å². The maximum Gasteiger partial charge on any atom is 0.162 e. The predicted molar refractivity (Wildman–Crippen MR) is 78.0 cm³/mol. The minimum atomic E-state index is -0.764. The van der Waals surface area contributed by atoms with Gasteiger partial charge in [0.15, 0.2) is 5.76 Å². The van der Waals surface area contributed by atoms with E-state index in [9.17, 15) is 9.50 Å². The Kier molecular flexibility index (Phi) is 4.44. The number of aromatic nitrogens is 1.